The molecule has 0 bridgehead atoms. The predicted octanol–water partition coefficient (Wildman–Crippen LogP) is 4.16. The molecule has 0 fully saturated rings. The van der Waals surface area contributed by atoms with Crippen LogP contribution in [0.3, 0.4) is 0 Å². The first kappa shape index (κ1) is 20.6. The number of amides is 1. The van der Waals surface area contributed by atoms with E-state index in [1.807, 2.05) is 26.0 Å². The van der Waals surface area contributed by atoms with Gasteiger partial charge in [0.2, 0.25) is 0 Å². The van der Waals surface area contributed by atoms with E-state index in [0.717, 1.165) is 30.6 Å². The minimum atomic E-state index is -1.28. The lowest BCUT2D eigenvalue weighted by atomic mass is 10.0. The Balaban J connectivity index is 1.77. The van der Waals surface area contributed by atoms with E-state index in [-0.39, 0.29) is 5.60 Å². The minimum Gasteiger partial charge on any atom is -0.483 e. The molecule has 0 spiro atoms. The van der Waals surface area contributed by atoms with Gasteiger partial charge < -0.3 is 14.8 Å². The topological polar surface area (TPSA) is 59.6 Å². The molecule has 0 unspecified atom stereocenters. The molecule has 1 aromatic carbocycles. The first-order chi connectivity index (χ1) is 11.8. The number of ether oxygens (including phenoxy) is 2. The monoisotopic (exact) mass is 402 g/mol. The van der Waals surface area contributed by atoms with Crippen molar-refractivity contribution in [1.29, 1.82) is 0 Å². The second kappa shape index (κ2) is 8.76. The second-order valence-electron chi connectivity index (χ2n) is 6.63. The van der Waals surface area contributed by atoms with Gasteiger partial charge in [0.1, 0.15) is 5.60 Å². The molecule has 0 saturated heterocycles. The molecule has 25 heavy (non-hydrogen) atoms. The highest BCUT2D eigenvalue weighted by Gasteiger charge is 2.32. The zero-order valence-electron chi connectivity index (χ0n) is 15.3. The summed E-state index contributed by atoms with van der Waals surface area (Å²) in [5.41, 5.74) is 0.799. The van der Waals surface area contributed by atoms with Crippen LogP contribution in [0, 0.1) is 0 Å². The lowest BCUT2D eigenvalue weighted by molar-refractivity contribution is 0.133. The average Bonchev–Trinajstić information content (AvgIpc) is 2.89. The van der Waals surface area contributed by atoms with Crippen molar-refractivity contribution in [2.75, 3.05) is 24.5 Å². The Morgan fingerprint density at radius 3 is 2.80 bits per heavy atom. The number of rotatable bonds is 8. The van der Waals surface area contributed by atoms with E-state index in [2.05, 4.69) is 23.9 Å². The van der Waals surface area contributed by atoms with E-state index in [4.69, 9.17) is 21.3 Å². The van der Waals surface area contributed by atoms with Gasteiger partial charge in [0.25, 0.3) is 0 Å². The Kier molecular flexibility index (Phi) is 7.20. The van der Waals surface area contributed by atoms with E-state index < -0.39 is 12.1 Å². The Morgan fingerprint density at radius 1 is 1.40 bits per heavy atom. The highest BCUT2D eigenvalue weighted by atomic mass is 32.4. The molecule has 2 N–H and O–H groups in total. The summed E-state index contributed by atoms with van der Waals surface area (Å²) in [7, 11) is 0. The van der Waals surface area contributed by atoms with Crippen molar-refractivity contribution < 1.29 is 14.3 Å². The molecule has 2 rings (SSSR count). The van der Waals surface area contributed by atoms with Crippen LogP contribution in [0.5, 0.6) is 11.5 Å². The quantitative estimate of drug-likeness (QED) is 0.295. The van der Waals surface area contributed by atoms with E-state index in [1.165, 1.54) is 11.9 Å². The molecule has 0 atom stereocenters. The van der Waals surface area contributed by atoms with E-state index in [1.54, 1.807) is 6.07 Å². The van der Waals surface area contributed by atoms with Gasteiger partial charge in [0.15, 0.2) is 11.5 Å². The summed E-state index contributed by atoms with van der Waals surface area (Å²) in [6.07, 6.45) is 3.27. The van der Waals surface area contributed by atoms with Gasteiger partial charge in [0, 0.05) is 18.3 Å². The number of benzene rings is 1. The van der Waals surface area contributed by atoms with Crippen molar-refractivity contribution in [2.45, 2.75) is 39.7 Å². The molecule has 0 radical (unpaired) electrons. The fourth-order valence-electron chi connectivity index (χ4n) is 2.56. The number of hydrogen-bond acceptors (Lipinski definition) is 6. The van der Waals surface area contributed by atoms with Gasteiger partial charge in [0.05, 0.1) is 5.88 Å². The van der Waals surface area contributed by atoms with Crippen LogP contribution in [0.25, 0.3) is 0 Å². The third-order valence-corrected chi connectivity index (χ3v) is 9.98. The van der Waals surface area contributed by atoms with Crippen molar-refractivity contribution in [2.24, 2.45) is 0 Å². The normalized spacial score (nSPS) is 15.4. The molecule has 0 saturated carbocycles. The highest BCUT2D eigenvalue weighted by molar-refractivity contribution is 8.14. The average molecular weight is 403 g/mol. The minimum absolute atomic E-state index is 0.267. The number of carbonyl (C=O) groups excluding carboxylic acids is 1. The molecular weight excluding hydrogens is 375 g/mol. The lowest BCUT2D eigenvalue weighted by Crippen LogP contribution is -2.28. The standard InChI is InChI=1S/C17H27N2O3PS2/c1-5-23(24,6-2)11-19-25-12-18-16(20)21-14-9-7-8-13-10-17(3,4)22-15(13)14/h7-9,19H,5-6,10-12H2,1-4H3,(H,18,20). The van der Waals surface area contributed by atoms with Gasteiger partial charge in [-0.15, -0.1) is 0 Å². The van der Waals surface area contributed by atoms with Crippen molar-refractivity contribution >= 4 is 35.9 Å². The zero-order chi connectivity index (χ0) is 18.5. The summed E-state index contributed by atoms with van der Waals surface area (Å²) < 4.78 is 14.6. The number of nitrogens with one attached hydrogen (secondary N) is 2. The SMILES string of the molecule is CCP(=S)(CC)CNSCNC(=O)Oc1cccc2c1OC(C)(C)C2. The largest absolute Gasteiger partial charge is 0.483 e. The van der Waals surface area contributed by atoms with Crippen LogP contribution >= 0.6 is 18.0 Å². The van der Waals surface area contributed by atoms with Gasteiger partial charge in [-0.2, -0.15) is 0 Å². The van der Waals surface area contributed by atoms with Crippen molar-refractivity contribution in [3.8, 4) is 11.5 Å². The highest BCUT2D eigenvalue weighted by Crippen LogP contribution is 2.44. The predicted molar refractivity (Wildman–Crippen MR) is 110 cm³/mol. The molecular formula is C17H27N2O3PS2. The van der Waals surface area contributed by atoms with Crippen LogP contribution in [0.2, 0.25) is 0 Å². The van der Waals surface area contributed by atoms with Gasteiger partial charge >= 0.3 is 6.09 Å². The first-order valence-corrected chi connectivity index (χ1v) is 12.8. The summed E-state index contributed by atoms with van der Waals surface area (Å²) >= 11 is 7.11. The van der Waals surface area contributed by atoms with Crippen molar-refractivity contribution in [3.05, 3.63) is 23.8 Å². The fraction of sp³-hybridized carbons (Fsp3) is 0.588. The Labute approximate surface area is 159 Å². The summed E-state index contributed by atoms with van der Waals surface area (Å²) in [6, 6.07) is 4.35. The van der Waals surface area contributed by atoms with E-state index in [9.17, 15) is 4.79 Å². The van der Waals surface area contributed by atoms with E-state index in [0.29, 0.717) is 17.4 Å². The number of para-hydroxylation sites is 1. The third-order valence-electron chi connectivity index (χ3n) is 4.15. The molecule has 5 nitrogen and oxygen atoms in total. The summed E-state index contributed by atoms with van der Waals surface area (Å²) in [5, 5.41) is 2.73. The fourth-order valence-corrected chi connectivity index (χ4v) is 5.53. The Bertz CT molecular complexity index is 659. The van der Waals surface area contributed by atoms with Crippen LogP contribution in [-0.2, 0) is 18.2 Å². The van der Waals surface area contributed by atoms with Crippen LogP contribution < -0.4 is 19.5 Å². The summed E-state index contributed by atoms with van der Waals surface area (Å²) in [6.45, 7) is 8.34. The molecule has 8 heteroatoms. The van der Waals surface area contributed by atoms with Crippen LogP contribution in [0.4, 0.5) is 4.79 Å². The van der Waals surface area contributed by atoms with Gasteiger partial charge in [-0.1, -0.05) is 49.7 Å². The number of hydrogen-bond donors (Lipinski definition) is 2. The molecule has 0 aromatic heterocycles. The van der Waals surface area contributed by atoms with Crippen LogP contribution in [-0.4, -0.2) is 36.2 Å². The first-order valence-electron chi connectivity index (χ1n) is 8.47. The van der Waals surface area contributed by atoms with E-state index >= 15 is 0 Å². The van der Waals surface area contributed by atoms with Crippen molar-refractivity contribution in [3.63, 3.8) is 0 Å². The maximum Gasteiger partial charge on any atom is 0.413 e. The maximum absolute atomic E-state index is 12.0. The molecule has 1 heterocycles. The zero-order valence-corrected chi connectivity index (χ0v) is 17.8. The molecule has 0 aliphatic carbocycles. The molecule has 1 aromatic rings. The van der Waals surface area contributed by atoms with Crippen LogP contribution in [0.15, 0.2) is 18.2 Å². The Morgan fingerprint density at radius 2 is 2.12 bits per heavy atom. The van der Waals surface area contributed by atoms with Gasteiger partial charge in [-0.05, 0) is 38.3 Å². The molecule has 1 amide bonds. The van der Waals surface area contributed by atoms with Gasteiger partial charge in [-0.25, -0.2) is 4.79 Å². The maximum atomic E-state index is 12.0. The second-order valence-corrected chi connectivity index (χ2v) is 13.5. The molecule has 1 aliphatic rings. The number of carbonyl (C=O) groups is 1. The Hall–Kier alpha value is -0.750. The summed E-state index contributed by atoms with van der Waals surface area (Å²) in [5.74, 6) is 1.55. The van der Waals surface area contributed by atoms with Crippen LogP contribution in [0.1, 0.15) is 33.3 Å². The van der Waals surface area contributed by atoms with Crippen molar-refractivity contribution in [1.82, 2.24) is 10.0 Å². The third kappa shape index (κ3) is 5.88. The molecule has 140 valence electrons. The summed E-state index contributed by atoms with van der Waals surface area (Å²) in [4.78, 5) is 12.0. The lowest BCUT2D eigenvalue weighted by Gasteiger charge is -2.18. The number of fused-ring (bicyclic) bond motifs is 1. The smallest absolute Gasteiger partial charge is 0.413 e. The van der Waals surface area contributed by atoms with Gasteiger partial charge in [-0.3, -0.25) is 4.72 Å². The molecule has 1 aliphatic heterocycles.